The number of hydrogen-bond donors (Lipinski definition) is 3. The van der Waals surface area contributed by atoms with E-state index in [0.717, 1.165) is 44.9 Å². The Bertz CT molecular complexity index is 607. The summed E-state index contributed by atoms with van der Waals surface area (Å²) in [6.45, 7) is 4.44. The van der Waals surface area contributed by atoms with Gasteiger partial charge in [0.25, 0.3) is 0 Å². The van der Waals surface area contributed by atoms with Gasteiger partial charge < -0.3 is 20.1 Å². The summed E-state index contributed by atoms with van der Waals surface area (Å²) >= 11 is 0. The quantitative estimate of drug-likeness (QED) is 0.653. The van der Waals surface area contributed by atoms with E-state index in [0.29, 0.717) is 12.3 Å². The fraction of sp³-hybridized carbons (Fsp3) is 0.952. The van der Waals surface area contributed by atoms with Crippen LogP contribution in [0, 0.1) is 34.0 Å². The number of ether oxygens (including phenoxy) is 1. The molecule has 26 heavy (non-hydrogen) atoms. The first kappa shape index (κ1) is 18.7. The molecule has 5 nitrogen and oxygen atoms in total. The minimum atomic E-state index is -1.34. The minimum Gasteiger partial charge on any atom is -0.467 e. The maximum atomic E-state index is 12.3. The lowest BCUT2D eigenvalue weighted by Gasteiger charge is -2.66. The molecule has 2 bridgehead atoms. The molecule has 0 amide bonds. The maximum absolute atomic E-state index is 12.3. The molecule has 0 unspecified atom stereocenters. The van der Waals surface area contributed by atoms with Gasteiger partial charge in [-0.2, -0.15) is 0 Å². The van der Waals surface area contributed by atoms with E-state index in [-0.39, 0.29) is 29.3 Å². The summed E-state index contributed by atoms with van der Waals surface area (Å²) < 4.78 is 4.94. The summed E-state index contributed by atoms with van der Waals surface area (Å²) in [6.07, 6.45) is 6.40. The lowest BCUT2D eigenvalue weighted by Crippen LogP contribution is -2.63. The summed E-state index contributed by atoms with van der Waals surface area (Å²) in [6, 6.07) is 0. The molecule has 3 N–H and O–H groups in total. The molecule has 4 fully saturated rings. The van der Waals surface area contributed by atoms with Gasteiger partial charge in [-0.1, -0.05) is 13.8 Å². The van der Waals surface area contributed by atoms with Gasteiger partial charge in [-0.15, -0.1) is 0 Å². The van der Waals surface area contributed by atoms with Crippen LogP contribution in [0.2, 0.25) is 0 Å². The van der Waals surface area contributed by atoms with Gasteiger partial charge in [0.1, 0.15) is 0 Å². The van der Waals surface area contributed by atoms with Crippen LogP contribution in [0.1, 0.15) is 65.2 Å². The van der Waals surface area contributed by atoms with Crippen LogP contribution in [0.4, 0.5) is 0 Å². The molecule has 0 aromatic carbocycles. The van der Waals surface area contributed by atoms with Crippen molar-refractivity contribution in [2.45, 2.75) is 76.9 Å². The number of methoxy groups -OCH3 is 1. The molecule has 148 valence electrons. The zero-order valence-corrected chi connectivity index (χ0v) is 16.3. The van der Waals surface area contributed by atoms with Crippen molar-refractivity contribution in [1.29, 1.82) is 0 Å². The van der Waals surface area contributed by atoms with E-state index >= 15 is 0 Å². The van der Waals surface area contributed by atoms with Gasteiger partial charge in [-0.05, 0) is 80.0 Å². The van der Waals surface area contributed by atoms with Gasteiger partial charge >= 0.3 is 5.97 Å². The van der Waals surface area contributed by atoms with Crippen LogP contribution >= 0.6 is 0 Å². The molecule has 0 saturated heterocycles. The highest BCUT2D eigenvalue weighted by Crippen LogP contribution is 2.75. The first-order valence-electron chi connectivity index (χ1n) is 10.3. The number of esters is 1. The Labute approximate surface area is 156 Å². The van der Waals surface area contributed by atoms with Crippen LogP contribution in [0.5, 0.6) is 0 Å². The number of carbonyl (C=O) groups excluding carboxylic acids is 1. The van der Waals surface area contributed by atoms with Crippen LogP contribution in [0.25, 0.3) is 0 Å². The summed E-state index contributed by atoms with van der Waals surface area (Å²) in [5.41, 5.74) is -1.64. The Morgan fingerprint density at radius 2 is 1.85 bits per heavy atom. The Morgan fingerprint density at radius 3 is 2.50 bits per heavy atom. The molecule has 5 heteroatoms. The first-order valence-corrected chi connectivity index (χ1v) is 10.3. The van der Waals surface area contributed by atoms with Crippen LogP contribution in [-0.4, -0.2) is 46.7 Å². The van der Waals surface area contributed by atoms with E-state index in [1.807, 2.05) is 0 Å². The number of aliphatic hydroxyl groups is 3. The number of carbonyl (C=O) groups is 1. The molecule has 0 aromatic rings. The van der Waals surface area contributed by atoms with Crippen molar-refractivity contribution in [2.75, 3.05) is 13.7 Å². The average molecular weight is 366 g/mol. The first-order chi connectivity index (χ1) is 12.2. The third-order valence-corrected chi connectivity index (χ3v) is 9.67. The summed E-state index contributed by atoms with van der Waals surface area (Å²) in [7, 11) is 1.36. The van der Waals surface area contributed by atoms with E-state index in [2.05, 4.69) is 13.8 Å². The van der Waals surface area contributed by atoms with Crippen molar-refractivity contribution in [3.63, 3.8) is 0 Å². The standard InChI is InChI=1S/C21H34O5/c1-18(12-22)15-5-4-13-10-14-11-20(13,19(15,2)7-6-16(18)23)8-9-21(14,25)17(24)26-3/h13-16,22-23,25H,4-12H2,1-3H3/t13-,14+,15-,16+,18-,19-,20-,21+/m0/s1. The smallest absolute Gasteiger partial charge is 0.338 e. The van der Waals surface area contributed by atoms with Crippen molar-refractivity contribution in [2.24, 2.45) is 34.0 Å². The van der Waals surface area contributed by atoms with E-state index < -0.39 is 23.1 Å². The van der Waals surface area contributed by atoms with Gasteiger partial charge in [0.05, 0.1) is 19.8 Å². The SMILES string of the molecule is COC(=O)[C@@]1(O)CC[C@]23C[C@H]1C[C@@H]2CC[C@H]1[C@](C)(CO)[C@H](O)CC[C@@]13C. The van der Waals surface area contributed by atoms with E-state index in [9.17, 15) is 20.1 Å². The van der Waals surface area contributed by atoms with Gasteiger partial charge in [0.15, 0.2) is 5.60 Å². The normalized spacial score (nSPS) is 55.8. The predicted octanol–water partition coefficient (Wildman–Crippen LogP) is 2.27. The largest absolute Gasteiger partial charge is 0.467 e. The van der Waals surface area contributed by atoms with Crippen LogP contribution in [0.3, 0.4) is 0 Å². The molecule has 0 radical (unpaired) electrons. The fourth-order valence-electron chi connectivity index (χ4n) is 8.10. The molecule has 4 saturated carbocycles. The Balaban J connectivity index is 1.73. The second kappa shape index (κ2) is 5.68. The van der Waals surface area contributed by atoms with Crippen molar-refractivity contribution < 1.29 is 24.9 Å². The van der Waals surface area contributed by atoms with Crippen LogP contribution in [0.15, 0.2) is 0 Å². The van der Waals surface area contributed by atoms with Crippen LogP contribution < -0.4 is 0 Å². The summed E-state index contributed by atoms with van der Waals surface area (Å²) in [5, 5.41) is 31.9. The number of aliphatic hydroxyl groups excluding tert-OH is 2. The molecule has 0 aliphatic heterocycles. The highest BCUT2D eigenvalue weighted by Gasteiger charge is 2.71. The highest BCUT2D eigenvalue weighted by molar-refractivity contribution is 5.80. The third kappa shape index (κ3) is 2.00. The molecule has 4 aliphatic rings. The van der Waals surface area contributed by atoms with E-state index in [4.69, 9.17) is 4.74 Å². The number of hydrogen-bond acceptors (Lipinski definition) is 5. The second-order valence-corrected chi connectivity index (χ2v) is 10.2. The van der Waals surface area contributed by atoms with Gasteiger partial charge in [0, 0.05) is 5.41 Å². The molecule has 0 heterocycles. The van der Waals surface area contributed by atoms with Gasteiger partial charge in [-0.3, -0.25) is 0 Å². The van der Waals surface area contributed by atoms with Gasteiger partial charge in [-0.25, -0.2) is 4.79 Å². The monoisotopic (exact) mass is 366 g/mol. The third-order valence-electron chi connectivity index (χ3n) is 9.67. The average Bonchev–Trinajstić information content (AvgIpc) is 2.98. The second-order valence-electron chi connectivity index (χ2n) is 10.2. The number of fused-ring (bicyclic) bond motifs is 2. The molecular formula is C21H34O5. The summed E-state index contributed by atoms with van der Waals surface area (Å²) in [5.74, 6) is 0.294. The lowest BCUT2D eigenvalue weighted by molar-refractivity contribution is -0.217. The zero-order valence-electron chi connectivity index (χ0n) is 16.3. The molecule has 4 rings (SSSR count). The molecule has 4 aliphatic carbocycles. The Morgan fingerprint density at radius 1 is 1.12 bits per heavy atom. The summed E-state index contributed by atoms with van der Waals surface area (Å²) in [4.78, 5) is 12.3. The maximum Gasteiger partial charge on any atom is 0.338 e. The zero-order chi connectivity index (χ0) is 19.0. The Kier molecular flexibility index (Phi) is 4.08. The highest BCUT2D eigenvalue weighted by atomic mass is 16.5. The van der Waals surface area contributed by atoms with Crippen molar-refractivity contribution in [1.82, 2.24) is 0 Å². The van der Waals surface area contributed by atoms with Crippen LogP contribution in [-0.2, 0) is 9.53 Å². The Hall–Kier alpha value is -0.650. The van der Waals surface area contributed by atoms with E-state index in [1.165, 1.54) is 7.11 Å². The number of rotatable bonds is 2. The van der Waals surface area contributed by atoms with Crippen molar-refractivity contribution in [3.8, 4) is 0 Å². The van der Waals surface area contributed by atoms with Gasteiger partial charge in [0.2, 0.25) is 0 Å². The lowest BCUT2D eigenvalue weighted by atomic mass is 9.39. The fourth-order valence-corrected chi connectivity index (χ4v) is 8.10. The molecule has 1 spiro atoms. The molecule has 0 aromatic heterocycles. The molecule has 8 atom stereocenters. The van der Waals surface area contributed by atoms with Crippen molar-refractivity contribution >= 4 is 5.97 Å². The topological polar surface area (TPSA) is 87.0 Å². The molecular weight excluding hydrogens is 332 g/mol. The van der Waals surface area contributed by atoms with Crippen molar-refractivity contribution in [3.05, 3.63) is 0 Å². The predicted molar refractivity (Wildman–Crippen MR) is 96.1 cm³/mol. The minimum absolute atomic E-state index is 0.0185. The van der Waals surface area contributed by atoms with E-state index in [1.54, 1.807) is 0 Å².